The first-order valence-corrected chi connectivity index (χ1v) is 11.7. The summed E-state index contributed by atoms with van der Waals surface area (Å²) in [5, 5.41) is 3.08. The number of nitrogens with one attached hydrogen (secondary N) is 1. The maximum absolute atomic E-state index is 12.9. The summed E-state index contributed by atoms with van der Waals surface area (Å²) >= 11 is 0. The maximum Gasteiger partial charge on any atom is 0.264 e. The lowest BCUT2D eigenvalue weighted by molar-refractivity contribution is 0.0935. The average molecular weight is 437 g/mol. The molecule has 0 aliphatic carbocycles. The Bertz CT molecular complexity index is 1160. The summed E-state index contributed by atoms with van der Waals surface area (Å²) in [7, 11) is -2.15. The Hall–Kier alpha value is -3.12. The van der Waals surface area contributed by atoms with Crippen LogP contribution in [0.4, 0.5) is 5.69 Å². The van der Waals surface area contributed by atoms with Gasteiger partial charge in [-0.1, -0.05) is 55.0 Å². The van der Waals surface area contributed by atoms with E-state index in [4.69, 9.17) is 0 Å². The minimum absolute atomic E-state index is 0.0887. The molecule has 3 aromatic rings. The third kappa shape index (κ3) is 4.97. The molecule has 3 rings (SSSR count). The minimum atomic E-state index is -3.68. The van der Waals surface area contributed by atoms with Crippen LogP contribution in [0.1, 0.15) is 46.4 Å². The lowest BCUT2D eigenvalue weighted by atomic mass is 10.0. The third-order valence-corrected chi connectivity index (χ3v) is 7.18. The number of rotatable bonds is 7. The van der Waals surface area contributed by atoms with Crippen molar-refractivity contribution >= 4 is 21.6 Å². The van der Waals surface area contributed by atoms with Crippen LogP contribution in [0.5, 0.6) is 0 Å². The molecule has 0 unspecified atom stereocenters. The lowest BCUT2D eigenvalue weighted by Gasteiger charge is -2.22. The molecular weight excluding hydrogens is 408 g/mol. The molecule has 6 heteroatoms. The SMILES string of the molecule is CC[C@H](NC(=O)c1ccc(N(C)S(=O)(=O)c2ccccc2)c(C)c1)c1ccc(C)cc1. The predicted octanol–water partition coefficient (Wildman–Crippen LogP) is 5.01. The summed E-state index contributed by atoms with van der Waals surface area (Å²) in [6, 6.07) is 21.4. The number of anilines is 1. The molecule has 162 valence electrons. The molecule has 5 nitrogen and oxygen atoms in total. The van der Waals surface area contributed by atoms with Gasteiger partial charge in [0.15, 0.2) is 0 Å². The van der Waals surface area contributed by atoms with E-state index < -0.39 is 10.0 Å². The number of nitrogens with zero attached hydrogens (tertiary/aromatic N) is 1. The van der Waals surface area contributed by atoms with E-state index in [2.05, 4.69) is 5.32 Å². The molecule has 0 bridgehead atoms. The van der Waals surface area contributed by atoms with E-state index in [0.717, 1.165) is 12.0 Å². The zero-order valence-electron chi connectivity index (χ0n) is 18.3. The Kier molecular flexibility index (Phi) is 6.81. The maximum atomic E-state index is 12.9. The van der Waals surface area contributed by atoms with Crippen molar-refractivity contribution in [2.24, 2.45) is 0 Å². The Morgan fingerprint density at radius 1 is 0.968 bits per heavy atom. The highest BCUT2D eigenvalue weighted by Crippen LogP contribution is 2.26. The van der Waals surface area contributed by atoms with Gasteiger partial charge < -0.3 is 5.32 Å². The van der Waals surface area contributed by atoms with Crippen LogP contribution in [0.25, 0.3) is 0 Å². The van der Waals surface area contributed by atoms with Crippen LogP contribution < -0.4 is 9.62 Å². The van der Waals surface area contributed by atoms with Crippen molar-refractivity contribution in [3.63, 3.8) is 0 Å². The number of aryl methyl sites for hydroxylation is 2. The van der Waals surface area contributed by atoms with Crippen molar-refractivity contribution in [2.75, 3.05) is 11.4 Å². The van der Waals surface area contributed by atoms with Crippen LogP contribution in [0.15, 0.2) is 77.7 Å². The van der Waals surface area contributed by atoms with Gasteiger partial charge in [-0.3, -0.25) is 9.10 Å². The molecule has 31 heavy (non-hydrogen) atoms. The first-order chi connectivity index (χ1) is 14.7. The molecule has 1 N–H and O–H groups in total. The molecule has 0 saturated carbocycles. The molecule has 0 heterocycles. The quantitative estimate of drug-likeness (QED) is 0.566. The topological polar surface area (TPSA) is 66.5 Å². The molecule has 0 aliphatic heterocycles. The lowest BCUT2D eigenvalue weighted by Crippen LogP contribution is -2.29. The van der Waals surface area contributed by atoms with Crippen LogP contribution in [-0.4, -0.2) is 21.4 Å². The molecule has 0 radical (unpaired) electrons. The minimum Gasteiger partial charge on any atom is -0.345 e. The largest absolute Gasteiger partial charge is 0.345 e. The van der Waals surface area contributed by atoms with Crippen LogP contribution >= 0.6 is 0 Å². The molecule has 1 atom stereocenters. The highest BCUT2D eigenvalue weighted by molar-refractivity contribution is 7.92. The monoisotopic (exact) mass is 436 g/mol. The molecule has 0 spiro atoms. The summed E-state index contributed by atoms with van der Waals surface area (Å²) in [5.41, 5.74) is 3.97. The van der Waals surface area contributed by atoms with Gasteiger partial charge >= 0.3 is 0 Å². The van der Waals surface area contributed by atoms with Crippen molar-refractivity contribution in [3.05, 3.63) is 95.1 Å². The van der Waals surface area contributed by atoms with E-state index in [1.165, 1.54) is 16.9 Å². The molecular formula is C25H28N2O3S. The molecule has 3 aromatic carbocycles. The third-order valence-electron chi connectivity index (χ3n) is 5.39. The van der Waals surface area contributed by atoms with Crippen molar-refractivity contribution < 1.29 is 13.2 Å². The Balaban J connectivity index is 1.81. The fraction of sp³-hybridized carbons (Fsp3) is 0.240. The normalized spacial score (nSPS) is 12.3. The van der Waals surface area contributed by atoms with E-state index in [9.17, 15) is 13.2 Å². The van der Waals surface area contributed by atoms with E-state index >= 15 is 0 Å². The fourth-order valence-corrected chi connectivity index (χ4v) is 4.77. The summed E-state index contributed by atoms with van der Waals surface area (Å²) in [5.74, 6) is -0.185. The second kappa shape index (κ2) is 9.35. The second-order valence-corrected chi connectivity index (χ2v) is 9.60. The highest BCUT2D eigenvalue weighted by Gasteiger charge is 2.23. The molecule has 0 aromatic heterocycles. The van der Waals surface area contributed by atoms with Crippen LogP contribution in [0.2, 0.25) is 0 Å². The first-order valence-electron chi connectivity index (χ1n) is 10.3. The zero-order chi connectivity index (χ0) is 22.6. The van der Waals surface area contributed by atoms with Crippen LogP contribution in [-0.2, 0) is 10.0 Å². The number of benzene rings is 3. The number of amides is 1. The van der Waals surface area contributed by atoms with Crippen LogP contribution in [0, 0.1) is 13.8 Å². The Labute approximate surface area is 184 Å². The number of hydrogen-bond acceptors (Lipinski definition) is 3. The molecule has 0 aliphatic rings. The van der Waals surface area contributed by atoms with Gasteiger partial charge in [0.1, 0.15) is 0 Å². The average Bonchev–Trinajstić information content (AvgIpc) is 2.78. The van der Waals surface area contributed by atoms with Crippen LogP contribution in [0.3, 0.4) is 0 Å². The summed E-state index contributed by atoms with van der Waals surface area (Å²) in [6.07, 6.45) is 0.768. The number of carbonyl (C=O) groups is 1. The first kappa shape index (κ1) is 22.6. The molecule has 0 saturated heterocycles. The molecule has 1 amide bonds. The second-order valence-electron chi connectivity index (χ2n) is 7.63. The van der Waals surface area contributed by atoms with E-state index in [1.54, 1.807) is 55.5 Å². The Morgan fingerprint density at radius 2 is 1.61 bits per heavy atom. The van der Waals surface area contributed by atoms with Gasteiger partial charge in [0, 0.05) is 12.6 Å². The van der Waals surface area contributed by atoms with Gasteiger partial charge in [-0.25, -0.2) is 8.42 Å². The van der Waals surface area contributed by atoms with Crippen molar-refractivity contribution in [1.29, 1.82) is 0 Å². The van der Waals surface area contributed by atoms with Gasteiger partial charge in [-0.2, -0.15) is 0 Å². The van der Waals surface area contributed by atoms with Gasteiger partial charge in [0.2, 0.25) is 0 Å². The zero-order valence-corrected chi connectivity index (χ0v) is 19.1. The van der Waals surface area contributed by atoms with E-state index in [1.807, 2.05) is 38.1 Å². The predicted molar refractivity (Wildman–Crippen MR) is 125 cm³/mol. The van der Waals surface area contributed by atoms with Gasteiger partial charge in [-0.05, 0) is 61.7 Å². The van der Waals surface area contributed by atoms with E-state index in [0.29, 0.717) is 16.8 Å². The van der Waals surface area contributed by atoms with Crippen molar-refractivity contribution in [3.8, 4) is 0 Å². The number of hydrogen-bond donors (Lipinski definition) is 1. The number of sulfonamides is 1. The van der Waals surface area contributed by atoms with Gasteiger partial charge in [0.25, 0.3) is 15.9 Å². The standard InChI is InChI=1S/C25H28N2O3S/c1-5-23(20-13-11-18(2)12-14-20)26-25(28)21-15-16-24(19(3)17-21)27(4)31(29,30)22-9-7-6-8-10-22/h6-17,23H,5H2,1-4H3,(H,26,28)/t23-/m0/s1. The summed E-state index contributed by atoms with van der Waals surface area (Å²) < 4.78 is 27.1. The van der Waals surface area contributed by atoms with Gasteiger partial charge in [0.05, 0.1) is 16.6 Å². The van der Waals surface area contributed by atoms with E-state index in [-0.39, 0.29) is 16.8 Å². The molecule has 0 fully saturated rings. The smallest absolute Gasteiger partial charge is 0.264 e. The Morgan fingerprint density at radius 3 is 2.19 bits per heavy atom. The highest BCUT2D eigenvalue weighted by atomic mass is 32.2. The summed E-state index contributed by atoms with van der Waals surface area (Å²) in [6.45, 7) is 5.87. The summed E-state index contributed by atoms with van der Waals surface area (Å²) in [4.78, 5) is 13.1. The van der Waals surface area contributed by atoms with Gasteiger partial charge in [-0.15, -0.1) is 0 Å². The number of carbonyl (C=O) groups excluding carboxylic acids is 1. The fourth-order valence-electron chi connectivity index (χ4n) is 3.49. The van der Waals surface area contributed by atoms with Crippen molar-refractivity contribution in [1.82, 2.24) is 5.32 Å². The van der Waals surface area contributed by atoms with Crippen molar-refractivity contribution in [2.45, 2.75) is 38.1 Å².